The van der Waals surface area contributed by atoms with Crippen LogP contribution in [0.25, 0.3) is 44.6 Å². The Morgan fingerprint density at radius 2 is 1.40 bits per heavy atom. The summed E-state index contributed by atoms with van der Waals surface area (Å²) in [6.07, 6.45) is 12.0. The number of aromatic nitrogens is 1. The van der Waals surface area contributed by atoms with E-state index in [1.165, 1.54) is 49.6 Å². The molecule has 0 saturated carbocycles. The Labute approximate surface area is 268 Å². The Kier molecular flexibility index (Phi) is 8.84. The molecule has 1 atom stereocenters. The average molecular weight is 587 g/mol. The van der Waals surface area contributed by atoms with E-state index in [2.05, 4.69) is 195 Å². The van der Waals surface area contributed by atoms with Crippen molar-refractivity contribution in [3.05, 3.63) is 163 Å². The lowest BCUT2D eigenvalue weighted by Gasteiger charge is -2.24. The van der Waals surface area contributed by atoms with Crippen molar-refractivity contribution < 1.29 is 0 Å². The highest BCUT2D eigenvalue weighted by molar-refractivity contribution is 6.09. The monoisotopic (exact) mass is 586 g/mol. The summed E-state index contributed by atoms with van der Waals surface area (Å²) in [4.78, 5) is 0. The molecular weight excluding hydrogens is 544 g/mol. The normalized spacial score (nSPS) is 13.3. The minimum Gasteiger partial charge on any atom is -0.375 e. The molecule has 6 aromatic rings. The van der Waals surface area contributed by atoms with Crippen LogP contribution >= 0.6 is 0 Å². The Balaban J connectivity index is 1.37. The van der Waals surface area contributed by atoms with Gasteiger partial charge in [-0.05, 0) is 80.6 Å². The Morgan fingerprint density at radius 3 is 2.16 bits per heavy atom. The Bertz CT molecular complexity index is 1980. The number of para-hydroxylation sites is 2. The predicted molar refractivity (Wildman–Crippen MR) is 197 cm³/mol. The third kappa shape index (κ3) is 6.71. The van der Waals surface area contributed by atoms with Crippen LogP contribution in [0.1, 0.15) is 45.2 Å². The number of benzene rings is 5. The number of allylic oxidation sites excluding steroid dienone is 3. The minimum absolute atomic E-state index is 0.0167. The van der Waals surface area contributed by atoms with Crippen molar-refractivity contribution in [3.63, 3.8) is 0 Å². The van der Waals surface area contributed by atoms with Crippen LogP contribution in [0.15, 0.2) is 152 Å². The zero-order valence-electron chi connectivity index (χ0n) is 26.7. The molecule has 5 aromatic carbocycles. The van der Waals surface area contributed by atoms with Crippen molar-refractivity contribution in [2.75, 3.05) is 5.32 Å². The van der Waals surface area contributed by atoms with Crippen molar-refractivity contribution in [2.24, 2.45) is 0 Å². The molecule has 1 heterocycles. The van der Waals surface area contributed by atoms with Gasteiger partial charge in [-0.1, -0.05) is 134 Å². The highest BCUT2D eigenvalue weighted by atomic mass is 15.0. The zero-order chi connectivity index (χ0) is 31.2. The fraction of sp³-hybridized carbons (Fsp3) is 0.163. The maximum atomic E-state index is 3.88. The summed E-state index contributed by atoms with van der Waals surface area (Å²) in [7, 11) is 0. The summed E-state index contributed by atoms with van der Waals surface area (Å²) in [6.45, 7) is 8.93. The summed E-state index contributed by atoms with van der Waals surface area (Å²) in [5.41, 5.74) is 9.77. The van der Waals surface area contributed by atoms with Gasteiger partial charge in [0, 0.05) is 38.6 Å². The van der Waals surface area contributed by atoms with Crippen LogP contribution in [0, 0.1) is 0 Å². The predicted octanol–water partition coefficient (Wildman–Crippen LogP) is 11.8. The fourth-order valence-corrected chi connectivity index (χ4v) is 6.29. The maximum absolute atomic E-state index is 3.88. The van der Waals surface area contributed by atoms with Gasteiger partial charge in [0.15, 0.2) is 0 Å². The Hall–Kier alpha value is -5.08. The van der Waals surface area contributed by atoms with Crippen molar-refractivity contribution in [2.45, 2.75) is 45.7 Å². The number of hydrogen-bond acceptors (Lipinski definition) is 1. The van der Waals surface area contributed by atoms with Crippen LogP contribution in [-0.2, 0) is 5.54 Å². The van der Waals surface area contributed by atoms with Crippen molar-refractivity contribution in [3.8, 4) is 11.1 Å². The lowest BCUT2D eigenvalue weighted by Crippen LogP contribution is -2.21. The molecule has 0 saturated heterocycles. The van der Waals surface area contributed by atoms with Crippen LogP contribution < -0.4 is 5.32 Å². The average Bonchev–Trinajstić information content (AvgIpc) is 3.40. The van der Waals surface area contributed by atoms with Gasteiger partial charge in [0.2, 0.25) is 0 Å². The maximum Gasteiger partial charge on any atom is 0.0634 e. The molecule has 0 aliphatic rings. The third-order valence-corrected chi connectivity index (χ3v) is 8.28. The molecule has 2 heteroatoms. The SMILES string of the molecule is C/C=C\C(/C=C(\C/C=C/c1ccccc1)c1ccccc1)Nc1ccccc1-c1ccc2c(c1)c1ccccc1n2C(C)(C)C. The van der Waals surface area contributed by atoms with Gasteiger partial charge >= 0.3 is 0 Å². The van der Waals surface area contributed by atoms with Gasteiger partial charge in [0.25, 0.3) is 0 Å². The van der Waals surface area contributed by atoms with Crippen LogP contribution in [0.5, 0.6) is 0 Å². The molecule has 224 valence electrons. The standard InChI is InChI=1S/C43H42N2/c1-5-17-36(30-34(33-21-10-7-11-22-33)23-16-20-32-18-8-6-9-19-32)44-40-26-14-12-24-37(40)35-28-29-42-39(31-35)38-25-13-15-27-41(38)45(42)43(2,3)4/h5-22,24-31,36,44H,23H2,1-4H3/b17-5-,20-16+,34-30+. The van der Waals surface area contributed by atoms with E-state index in [0.29, 0.717) is 0 Å². The van der Waals surface area contributed by atoms with E-state index in [1.807, 2.05) is 0 Å². The molecule has 1 N–H and O–H groups in total. The Morgan fingerprint density at radius 1 is 0.733 bits per heavy atom. The minimum atomic E-state index is -0.0267. The molecule has 6 rings (SSSR count). The van der Waals surface area contributed by atoms with Crippen LogP contribution in [0.2, 0.25) is 0 Å². The summed E-state index contributed by atoms with van der Waals surface area (Å²) < 4.78 is 2.47. The van der Waals surface area contributed by atoms with Crippen LogP contribution in [0.3, 0.4) is 0 Å². The molecule has 0 bridgehead atoms. The van der Waals surface area contributed by atoms with E-state index < -0.39 is 0 Å². The zero-order valence-corrected chi connectivity index (χ0v) is 26.7. The van der Waals surface area contributed by atoms with Gasteiger partial charge in [-0.25, -0.2) is 0 Å². The number of anilines is 1. The highest BCUT2D eigenvalue weighted by Gasteiger charge is 2.21. The highest BCUT2D eigenvalue weighted by Crippen LogP contribution is 2.38. The largest absolute Gasteiger partial charge is 0.375 e. The van der Waals surface area contributed by atoms with Crippen molar-refractivity contribution >= 4 is 39.1 Å². The molecule has 2 nitrogen and oxygen atoms in total. The van der Waals surface area contributed by atoms with Crippen LogP contribution in [0.4, 0.5) is 5.69 Å². The second-order valence-corrected chi connectivity index (χ2v) is 12.6. The first-order valence-corrected chi connectivity index (χ1v) is 15.9. The van der Waals surface area contributed by atoms with E-state index in [4.69, 9.17) is 0 Å². The smallest absolute Gasteiger partial charge is 0.0634 e. The molecule has 0 fully saturated rings. The molecule has 0 amide bonds. The van der Waals surface area contributed by atoms with E-state index in [0.717, 1.165) is 12.1 Å². The summed E-state index contributed by atoms with van der Waals surface area (Å²) in [6, 6.07) is 45.6. The molecule has 0 aliphatic heterocycles. The molecular formula is C43H42N2. The van der Waals surface area contributed by atoms with Crippen molar-refractivity contribution in [1.29, 1.82) is 0 Å². The molecule has 1 unspecified atom stereocenters. The first-order chi connectivity index (χ1) is 21.9. The lowest BCUT2D eigenvalue weighted by atomic mass is 9.98. The topological polar surface area (TPSA) is 17.0 Å². The van der Waals surface area contributed by atoms with Gasteiger partial charge in [-0.2, -0.15) is 0 Å². The molecule has 1 aromatic heterocycles. The molecule has 0 spiro atoms. The number of nitrogens with one attached hydrogen (secondary N) is 1. The third-order valence-electron chi connectivity index (χ3n) is 8.28. The van der Waals surface area contributed by atoms with Gasteiger partial charge < -0.3 is 9.88 Å². The van der Waals surface area contributed by atoms with Gasteiger partial charge in [-0.3, -0.25) is 0 Å². The van der Waals surface area contributed by atoms with Gasteiger partial charge in [-0.15, -0.1) is 0 Å². The second kappa shape index (κ2) is 13.3. The summed E-state index contributed by atoms with van der Waals surface area (Å²) in [5, 5.41) is 6.46. The van der Waals surface area contributed by atoms with Gasteiger partial charge in [0.1, 0.15) is 0 Å². The number of rotatable bonds is 9. The van der Waals surface area contributed by atoms with Crippen molar-refractivity contribution in [1.82, 2.24) is 4.57 Å². The first kappa shape index (κ1) is 30.0. The number of nitrogens with zero attached hydrogens (tertiary/aromatic N) is 1. The fourth-order valence-electron chi connectivity index (χ4n) is 6.29. The first-order valence-electron chi connectivity index (χ1n) is 15.9. The van der Waals surface area contributed by atoms with E-state index in [9.17, 15) is 0 Å². The number of fused-ring (bicyclic) bond motifs is 3. The molecule has 45 heavy (non-hydrogen) atoms. The van der Waals surface area contributed by atoms with Gasteiger partial charge in [0.05, 0.1) is 6.04 Å². The van der Waals surface area contributed by atoms with Crippen LogP contribution in [-0.4, -0.2) is 10.6 Å². The van der Waals surface area contributed by atoms with E-state index in [1.54, 1.807) is 0 Å². The lowest BCUT2D eigenvalue weighted by molar-refractivity contribution is 0.423. The molecule has 0 aliphatic carbocycles. The van der Waals surface area contributed by atoms with E-state index in [-0.39, 0.29) is 11.6 Å². The van der Waals surface area contributed by atoms with E-state index >= 15 is 0 Å². The summed E-state index contributed by atoms with van der Waals surface area (Å²) in [5.74, 6) is 0. The summed E-state index contributed by atoms with van der Waals surface area (Å²) >= 11 is 0. The molecule has 0 radical (unpaired) electrons. The quantitative estimate of drug-likeness (QED) is 0.167. The number of hydrogen-bond donors (Lipinski definition) is 1. The second-order valence-electron chi connectivity index (χ2n) is 12.6.